The molecule has 7 nitrogen and oxygen atoms in total. The van der Waals surface area contributed by atoms with Gasteiger partial charge in [-0.1, -0.05) is 19.8 Å². The van der Waals surface area contributed by atoms with Crippen LogP contribution in [-0.4, -0.2) is 55.7 Å². The number of carbonyl (C=O) groups excluding carboxylic acids is 1. The van der Waals surface area contributed by atoms with Gasteiger partial charge in [-0.15, -0.1) is 0 Å². The molecular formula is C24H41N3O4S. The summed E-state index contributed by atoms with van der Waals surface area (Å²) in [6.45, 7) is 2.07. The van der Waals surface area contributed by atoms with Crippen LogP contribution in [0.15, 0.2) is 0 Å². The molecule has 3 aliphatic carbocycles. The number of rotatable bonds is 8. The van der Waals surface area contributed by atoms with Gasteiger partial charge in [-0.3, -0.25) is 4.79 Å². The standard InChI is InChI=1S/C24H41N3O4S/c1-18-7-13-21(14-8-18)32(29,30)27(22-5-3-4-6-23(22)31-2)17-24(28)26-20-11-9-19(10-12-20)15-16-25/h18-23H,3-15,17H2,1-2H3,(H,26,28). The van der Waals surface area contributed by atoms with Gasteiger partial charge in [0.25, 0.3) is 0 Å². The van der Waals surface area contributed by atoms with E-state index in [9.17, 15) is 13.2 Å². The summed E-state index contributed by atoms with van der Waals surface area (Å²) in [6.07, 6.45) is 10.8. The third kappa shape index (κ3) is 6.45. The van der Waals surface area contributed by atoms with Crippen molar-refractivity contribution in [2.45, 2.75) is 114 Å². The fraction of sp³-hybridized carbons (Fsp3) is 0.917. The Labute approximate surface area is 194 Å². The Morgan fingerprint density at radius 2 is 1.69 bits per heavy atom. The monoisotopic (exact) mass is 467 g/mol. The van der Waals surface area contributed by atoms with Crippen molar-refractivity contribution >= 4 is 15.9 Å². The lowest BCUT2D eigenvalue weighted by Gasteiger charge is -2.41. The molecule has 3 fully saturated rings. The van der Waals surface area contributed by atoms with E-state index >= 15 is 0 Å². The van der Waals surface area contributed by atoms with Crippen molar-refractivity contribution in [1.29, 1.82) is 5.26 Å². The lowest BCUT2D eigenvalue weighted by Crippen LogP contribution is -2.55. The van der Waals surface area contributed by atoms with Crippen LogP contribution in [0.25, 0.3) is 0 Å². The van der Waals surface area contributed by atoms with Crippen LogP contribution in [0.5, 0.6) is 0 Å². The highest BCUT2D eigenvalue weighted by atomic mass is 32.2. The fourth-order valence-electron chi connectivity index (χ4n) is 5.85. The molecule has 1 amide bonds. The first-order valence-electron chi connectivity index (χ1n) is 12.5. The molecule has 0 saturated heterocycles. The molecule has 0 heterocycles. The zero-order chi connectivity index (χ0) is 23.1. The molecule has 0 aromatic carbocycles. The van der Waals surface area contributed by atoms with E-state index in [0.29, 0.717) is 31.1 Å². The van der Waals surface area contributed by atoms with Crippen LogP contribution < -0.4 is 5.32 Å². The van der Waals surface area contributed by atoms with Gasteiger partial charge in [-0.05, 0) is 76.0 Å². The van der Waals surface area contributed by atoms with Gasteiger partial charge in [-0.25, -0.2) is 8.42 Å². The zero-order valence-electron chi connectivity index (χ0n) is 19.8. The summed E-state index contributed by atoms with van der Waals surface area (Å²) in [5.41, 5.74) is 0. The maximum absolute atomic E-state index is 13.8. The molecule has 0 bridgehead atoms. The number of nitrogens with one attached hydrogen (secondary N) is 1. The molecular weight excluding hydrogens is 426 g/mol. The first-order chi connectivity index (χ1) is 15.3. The van der Waals surface area contributed by atoms with Crippen LogP contribution in [-0.2, 0) is 19.6 Å². The van der Waals surface area contributed by atoms with E-state index < -0.39 is 15.3 Å². The Kier molecular flexibility index (Phi) is 9.39. The van der Waals surface area contributed by atoms with Crippen molar-refractivity contribution in [3.63, 3.8) is 0 Å². The predicted octanol–water partition coefficient (Wildman–Crippen LogP) is 3.74. The minimum atomic E-state index is -3.59. The highest BCUT2D eigenvalue weighted by Crippen LogP contribution is 2.34. The molecule has 2 atom stereocenters. The second-order valence-corrected chi connectivity index (χ2v) is 12.4. The van der Waals surface area contributed by atoms with Crippen molar-refractivity contribution in [3.8, 4) is 6.07 Å². The van der Waals surface area contributed by atoms with Crippen LogP contribution in [0, 0.1) is 23.2 Å². The summed E-state index contributed by atoms with van der Waals surface area (Å²) in [4.78, 5) is 13.0. The normalized spacial score (nSPS) is 34.1. The van der Waals surface area contributed by atoms with E-state index in [2.05, 4.69) is 18.3 Å². The largest absolute Gasteiger partial charge is 0.380 e. The molecule has 2 unspecified atom stereocenters. The average molecular weight is 468 g/mol. The van der Waals surface area contributed by atoms with Gasteiger partial charge in [0, 0.05) is 19.6 Å². The van der Waals surface area contributed by atoms with Crippen molar-refractivity contribution < 1.29 is 17.9 Å². The van der Waals surface area contributed by atoms with E-state index in [1.807, 2.05) is 0 Å². The topological polar surface area (TPSA) is 99.5 Å². The molecule has 1 N–H and O–H groups in total. The summed E-state index contributed by atoms with van der Waals surface area (Å²) in [6, 6.07) is 2.05. The third-order valence-electron chi connectivity index (χ3n) is 7.94. The van der Waals surface area contributed by atoms with Crippen LogP contribution in [0.1, 0.15) is 90.4 Å². The van der Waals surface area contributed by atoms with Gasteiger partial charge in [0.1, 0.15) is 0 Å². The fourth-order valence-corrected chi connectivity index (χ4v) is 8.02. The number of hydrogen-bond donors (Lipinski definition) is 1. The highest BCUT2D eigenvalue weighted by Gasteiger charge is 2.42. The summed E-state index contributed by atoms with van der Waals surface area (Å²) in [5, 5.41) is 11.6. The number of sulfonamides is 1. The number of nitriles is 1. The zero-order valence-corrected chi connectivity index (χ0v) is 20.6. The van der Waals surface area contributed by atoms with Gasteiger partial charge < -0.3 is 10.1 Å². The lowest BCUT2D eigenvalue weighted by atomic mass is 9.84. The summed E-state index contributed by atoms with van der Waals surface area (Å²) < 4.78 is 34.7. The Balaban J connectivity index is 1.70. The quantitative estimate of drug-likeness (QED) is 0.586. The van der Waals surface area contributed by atoms with E-state index in [4.69, 9.17) is 10.00 Å². The first kappa shape index (κ1) is 25.5. The summed E-state index contributed by atoms with van der Waals surface area (Å²) in [5.74, 6) is 0.779. The van der Waals surface area contributed by atoms with Crippen LogP contribution >= 0.6 is 0 Å². The first-order valence-corrected chi connectivity index (χ1v) is 14.0. The predicted molar refractivity (Wildman–Crippen MR) is 124 cm³/mol. The molecule has 8 heteroatoms. The Morgan fingerprint density at radius 1 is 1.03 bits per heavy atom. The van der Waals surface area contributed by atoms with Crippen LogP contribution in [0.2, 0.25) is 0 Å². The molecule has 0 radical (unpaired) electrons. The molecule has 3 rings (SSSR count). The smallest absolute Gasteiger partial charge is 0.235 e. The molecule has 0 aliphatic heterocycles. The number of ether oxygens (including phenoxy) is 1. The van der Waals surface area contributed by atoms with E-state index in [1.165, 1.54) is 4.31 Å². The maximum Gasteiger partial charge on any atom is 0.235 e. The van der Waals surface area contributed by atoms with E-state index in [1.54, 1.807) is 7.11 Å². The Bertz CT molecular complexity index is 750. The summed E-state index contributed by atoms with van der Waals surface area (Å²) >= 11 is 0. The SMILES string of the molecule is COC1CCCCC1N(CC(=O)NC1CCC(CC#N)CC1)S(=O)(=O)C1CCC(C)CC1. The maximum atomic E-state index is 13.8. The Hall–Kier alpha value is -1.17. The Morgan fingerprint density at radius 3 is 2.31 bits per heavy atom. The molecule has 0 spiro atoms. The minimum absolute atomic E-state index is 0.0714. The van der Waals surface area contributed by atoms with E-state index in [0.717, 1.165) is 64.2 Å². The van der Waals surface area contributed by atoms with Gasteiger partial charge in [0.05, 0.1) is 30.0 Å². The second kappa shape index (κ2) is 11.8. The van der Waals surface area contributed by atoms with Crippen molar-refractivity contribution in [2.75, 3.05) is 13.7 Å². The molecule has 32 heavy (non-hydrogen) atoms. The molecule has 0 aromatic heterocycles. The molecule has 182 valence electrons. The third-order valence-corrected chi connectivity index (χ3v) is 10.3. The van der Waals surface area contributed by atoms with Gasteiger partial charge >= 0.3 is 0 Å². The molecule has 0 aromatic rings. The number of nitrogens with zero attached hydrogens (tertiary/aromatic N) is 2. The van der Waals surface area contributed by atoms with Crippen LogP contribution in [0.3, 0.4) is 0 Å². The highest BCUT2D eigenvalue weighted by molar-refractivity contribution is 7.89. The van der Waals surface area contributed by atoms with Crippen molar-refractivity contribution in [2.24, 2.45) is 11.8 Å². The van der Waals surface area contributed by atoms with Crippen molar-refractivity contribution in [3.05, 3.63) is 0 Å². The average Bonchev–Trinajstić information content (AvgIpc) is 2.79. The lowest BCUT2D eigenvalue weighted by molar-refractivity contribution is -0.123. The minimum Gasteiger partial charge on any atom is -0.380 e. The van der Waals surface area contributed by atoms with Gasteiger partial charge in [-0.2, -0.15) is 9.57 Å². The molecule has 3 aliphatic rings. The number of hydrogen-bond acceptors (Lipinski definition) is 5. The van der Waals surface area contributed by atoms with E-state index in [-0.39, 0.29) is 30.6 Å². The van der Waals surface area contributed by atoms with Gasteiger partial charge in [0.15, 0.2) is 0 Å². The second-order valence-electron chi connectivity index (χ2n) is 10.2. The van der Waals surface area contributed by atoms with Crippen LogP contribution in [0.4, 0.5) is 0 Å². The molecule has 3 saturated carbocycles. The van der Waals surface area contributed by atoms with Crippen molar-refractivity contribution in [1.82, 2.24) is 9.62 Å². The van der Waals surface area contributed by atoms with Gasteiger partial charge in [0.2, 0.25) is 15.9 Å². The summed E-state index contributed by atoms with van der Waals surface area (Å²) in [7, 11) is -1.94. The number of methoxy groups -OCH3 is 1. The number of amides is 1. The number of carbonyl (C=O) groups is 1.